The third kappa shape index (κ3) is 2.80. The zero-order valence-electron chi connectivity index (χ0n) is 17.0. The average Bonchev–Trinajstić information content (AvgIpc) is 3.42. The molecule has 164 valence electrons. The van der Waals surface area contributed by atoms with Crippen LogP contribution in [0.1, 0.15) is 35.6 Å². The number of β-lactam (4-membered cyclic amide) rings is 1. The highest BCUT2D eigenvalue weighted by atomic mass is 32.1. The summed E-state index contributed by atoms with van der Waals surface area (Å²) in [6.45, 7) is 3.99. The van der Waals surface area contributed by atoms with Crippen molar-refractivity contribution in [2.45, 2.75) is 44.5 Å². The number of fused-ring (bicyclic) bond motifs is 2. The maximum absolute atomic E-state index is 12.9. The number of nitrogens with zero attached hydrogens (tertiary/aromatic N) is 3. The quantitative estimate of drug-likeness (QED) is 0.369. The lowest BCUT2D eigenvalue weighted by molar-refractivity contribution is -0.163. The molecule has 5 rings (SSSR count). The fourth-order valence-electron chi connectivity index (χ4n) is 5.11. The van der Waals surface area contributed by atoms with E-state index in [1.165, 1.54) is 22.6 Å². The van der Waals surface area contributed by atoms with Gasteiger partial charge in [-0.2, -0.15) is 0 Å². The zero-order valence-corrected chi connectivity index (χ0v) is 17.8. The summed E-state index contributed by atoms with van der Waals surface area (Å²) in [4.78, 5) is 44.4. The Balaban J connectivity index is 1.55. The van der Waals surface area contributed by atoms with E-state index in [2.05, 4.69) is 10.3 Å². The molecular formula is C20H23N5O5S. The largest absolute Gasteiger partial charge is 0.477 e. The number of nitrogens with two attached hydrogens (primary N) is 1. The van der Waals surface area contributed by atoms with E-state index in [9.17, 15) is 24.6 Å². The van der Waals surface area contributed by atoms with Crippen LogP contribution in [-0.4, -0.2) is 72.9 Å². The molecule has 2 saturated heterocycles. The van der Waals surface area contributed by atoms with Gasteiger partial charge in [0, 0.05) is 30.3 Å². The highest BCUT2D eigenvalue weighted by molar-refractivity contribution is 7.18. The molecule has 0 aromatic carbocycles. The first-order valence-corrected chi connectivity index (χ1v) is 11.0. The van der Waals surface area contributed by atoms with Crippen LogP contribution in [0, 0.1) is 11.8 Å². The third-order valence-electron chi connectivity index (χ3n) is 6.57. The van der Waals surface area contributed by atoms with Crippen LogP contribution in [0.4, 0.5) is 0 Å². The van der Waals surface area contributed by atoms with Crippen LogP contribution in [0.3, 0.4) is 0 Å². The summed E-state index contributed by atoms with van der Waals surface area (Å²) in [6.07, 6.45) is 2.97. The molecule has 3 aliphatic rings. The van der Waals surface area contributed by atoms with Crippen molar-refractivity contribution < 1.29 is 24.6 Å². The number of hydrogen-bond donors (Lipinski definition) is 4. The Morgan fingerprint density at radius 3 is 2.77 bits per heavy atom. The monoisotopic (exact) mass is 445 g/mol. The average molecular weight is 446 g/mol. The third-order valence-corrected chi connectivity index (χ3v) is 7.71. The van der Waals surface area contributed by atoms with E-state index in [-0.39, 0.29) is 35.4 Å². The van der Waals surface area contributed by atoms with Crippen molar-refractivity contribution >= 4 is 39.4 Å². The van der Waals surface area contributed by atoms with Crippen molar-refractivity contribution in [1.29, 1.82) is 0 Å². The molecule has 0 spiro atoms. The number of aliphatic hydroxyl groups excluding tert-OH is 1. The Morgan fingerprint density at radius 2 is 2.16 bits per heavy atom. The number of carbonyl (C=O) groups is 3. The van der Waals surface area contributed by atoms with Crippen molar-refractivity contribution in [3.8, 4) is 0 Å². The van der Waals surface area contributed by atoms with Crippen molar-refractivity contribution in [2.75, 3.05) is 6.54 Å². The maximum atomic E-state index is 12.9. The number of rotatable bonds is 5. The summed E-state index contributed by atoms with van der Waals surface area (Å²) in [5, 5.41) is 23.0. The molecule has 0 saturated carbocycles. The highest BCUT2D eigenvalue weighted by Gasteiger charge is 2.60. The number of aliphatic carboxylic acids is 1. The van der Waals surface area contributed by atoms with Gasteiger partial charge in [0.1, 0.15) is 22.5 Å². The molecule has 0 bridgehead atoms. The molecule has 10 nitrogen and oxygen atoms in total. The summed E-state index contributed by atoms with van der Waals surface area (Å²) in [5.74, 6) is -2.58. The number of amides is 1. The molecule has 3 aliphatic heterocycles. The lowest BCUT2D eigenvalue weighted by Crippen LogP contribution is -2.63. The molecule has 2 aromatic heterocycles. The molecule has 6 atom stereocenters. The van der Waals surface area contributed by atoms with Gasteiger partial charge in [0.25, 0.3) is 0 Å². The van der Waals surface area contributed by atoms with Crippen molar-refractivity contribution in [2.24, 2.45) is 17.6 Å². The summed E-state index contributed by atoms with van der Waals surface area (Å²) < 4.78 is 1.71. The molecular weight excluding hydrogens is 422 g/mol. The minimum atomic E-state index is -1.18. The van der Waals surface area contributed by atoms with Gasteiger partial charge >= 0.3 is 5.97 Å². The van der Waals surface area contributed by atoms with E-state index in [1.54, 1.807) is 17.5 Å². The van der Waals surface area contributed by atoms with Gasteiger partial charge in [-0.3, -0.25) is 14.0 Å². The minimum Gasteiger partial charge on any atom is -0.477 e. The lowest BCUT2D eigenvalue weighted by Gasteiger charge is -2.46. The number of nitrogens with one attached hydrogen (secondary N) is 1. The number of aliphatic hydroxyl groups is 1. The van der Waals surface area contributed by atoms with Gasteiger partial charge in [0.05, 0.1) is 29.0 Å². The summed E-state index contributed by atoms with van der Waals surface area (Å²) in [7, 11) is 0. The number of Topliss-reactive ketones (excluding diaryl/α,β-unsaturated/α-hetero) is 1. The Labute approximate surface area is 181 Å². The second-order valence-electron chi connectivity index (χ2n) is 8.54. The normalized spacial score (nSPS) is 31.3. The minimum absolute atomic E-state index is 0.0480. The van der Waals surface area contributed by atoms with Crippen LogP contribution >= 0.6 is 11.3 Å². The van der Waals surface area contributed by atoms with Gasteiger partial charge in [0.2, 0.25) is 11.7 Å². The summed E-state index contributed by atoms with van der Waals surface area (Å²) in [5.41, 5.74) is 6.72. The summed E-state index contributed by atoms with van der Waals surface area (Å²) >= 11 is 1.28. The molecule has 2 aromatic rings. The van der Waals surface area contributed by atoms with E-state index in [0.717, 1.165) is 0 Å². The summed E-state index contributed by atoms with van der Waals surface area (Å²) in [6, 6.07) is -0.846. The fraction of sp³-hybridized carbons (Fsp3) is 0.500. The van der Waals surface area contributed by atoms with Crippen LogP contribution in [0.25, 0.3) is 10.4 Å². The number of carboxylic acids is 1. The van der Waals surface area contributed by atoms with Gasteiger partial charge < -0.3 is 26.2 Å². The first-order valence-electron chi connectivity index (χ1n) is 10.2. The van der Waals surface area contributed by atoms with Gasteiger partial charge in [-0.1, -0.05) is 6.92 Å². The van der Waals surface area contributed by atoms with Gasteiger partial charge in [-0.25, -0.2) is 9.78 Å². The number of imidazole rings is 1. The van der Waals surface area contributed by atoms with Crippen molar-refractivity contribution in [1.82, 2.24) is 19.6 Å². The van der Waals surface area contributed by atoms with E-state index >= 15 is 0 Å². The zero-order chi connectivity index (χ0) is 22.2. The van der Waals surface area contributed by atoms with Crippen LogP contribution in [0.15, 0.2) is 18.2 Å². The Morgan fingerprint density at radius 1 is 1.42 bits per heavy atom. The van der Waals surface area contributed by atoms with Crippen LogP contribution in [0.5, 0.6) is 0 Å². The predicted octanol–water partition coefficient (Wildman–Crippen LogP) is -0.0791. The second kappa shape index (κ2) is 6.95. The van der Waals surface area contributed by atoms with E-state index < -0.39 is 24.0 Å². The molecule has 11 heteroatoms. The predicted molar refractivity (Wildman–Crippen MR) is 111 cm³/mol. The smallest absolute Gasteiger partial charge is 0.352 e. The maximum Gasteiger partial charge on any atom is 0.352 e. The molecule has 5 N–H and O–H groups in total. The van der Waals surface area contributed by atoms with E-state index in [0.29, 0.717) is 33.9 Å². The molecule has 0 radical (unpaired) electrons. The van der Waals surface area contributed by atoms with Gasteiger partial charge in [-0.05, 0) is 13.3 Å². The topological polar surface area (TPSA) is 150 Å². The molecule has 0 aliphatic carbocycles. The van der Waals surface area contributed by atoms with Gasteiger partial charge in [-0.15, -0.1) is 11.3 Å². The Hall–Kier alpha value is -2.60. The molecule has 31 heavy (non-hydrogen) atoms. The van der Waals surface area contributed by atoms with E-state index in [1.807, 2.05) is 6.92 Å². The standard InChI is InChI=1S/C20H23N5O5S/c1-7-12(16(20(29)30)25-15(7)13(8(2)26)18(25)28)11-5-24-6-23-14(19(24)31-11)17(27)10-3-9(21)4-22-10/h5-10,13,15,22,26H,3-4,21H2,1-2H3,(H,29,30)/t7-,8+,9-,10-,13+,15+/m0/s1. The first kappa shape index (κ1) is 20.3. The number of carbonyl (C=O) groups excluding carboxylic acids is 2. The van der Waals surface area contributed by atoms with Gasteiger partial charge in [0.15, 0.2) is 0 Å². The molecule has 5 heterocycles. The second-order valence-corrected chi connectivity index (χ2v) is 9.57. The number of aromatic nitrogens is 2. The molecule has 0 unspecified atom stereocenters. The van der Waals surface area contributed by atoms with Crippen LogP contribution in [0.2, 0.25) is 0 Å². The number of thiazole rings is 1. The fourth-order valence-corrected chi connectivity index (χ4v) is 6.34. The van der Waals surface area contributed by atoms with E-state index in [4.69, 9.17) is 5.73 Å². The number of carboxylic acid groups (broad SMARTS) is 1. The van der Waals surface area contributed by atoms with Crippen molar-refractivity contribution in [3.63, 3.8) is 0 Å². The number of hydrogen-bond acceptors (Lipinski definition) is 8. The van der Waals surface area contributed by atoms with Crippen molar-refractivity contribution in [3.05, 3.63) is 28.8 Å². The Bertz CT molecular complexity index is 1150. The van der Waals surface area contributed by atoms with Crippen LogP contribution < -0.4 is 11.1 Å². The van der Waals surface area contributed by atoms with Crippen LogP contribution in [-0.2, 0) is 9.59 Å². The number of ketones is 1. The first-order chi connectivity index (χ1) is 14.7. The highest BCUT2D eigenvalue weighted by Crippen LogP contribution is 2.51. The lowest BCUT2D eigenvalue weighted by atomic mass is 9.77. The SMILES string of the molecule is C[C@@H](O)[C@H]1C(=O)N2C(C(=O)O)=C(c3cn4cnc(C(=O)[C@@H]5C[C@H](N)CN5)c4s3)[C@H](C)[C@H]12. The molecule has 2 fully saturated rings. The Kier molecular flexibility index (Phi) is 4.56. The molecule has 1 amide bonds.